The van der Waals surface area contributed by atoms with Crippen LogP contribution in [0.1, 0.15) is 60.3 Å². The maximum Gasteiger partial charge on any atom is 0.416 e. The van der Waals surface area contributed by atoms with Crippen molar-refractivity contribution in [2.75, 3.05) is 13.1 Å². The molecule has 1 saturated heterocycles. The van der Waals surface area contributed by atoms with Gasteiger partial charge in [-0.2, -0.15) is 26.3 Å². The average Bonchev–Trinajstić information content (AvgIpc) is 3.49. The molecule has 3 unspecified atom stereocenters. The predicted octanol–water partition coefficient (Wildman–Crippen LogP) is 6.98. The summed E-state index contributed by atoms with van der Waals surface area (Å²) in [4.78, 5) is 13.1. The molecule has 0 aromatic heterocycles. The molecule has 5 rings (SSSR count). The highest BCUT2D eigenvalue weighted by Gasteiger charge is 2.43. The fraction of sp³-hybridized carbons (Fsp3) is 0.536. The van der Waals surface area contributed by atoms with Crippen LogP contribution in [-0.4, -0.2) is 35.2 Å². The smallest absolute Gasteiger partial charge is 0.416 e. The number of benzene rings is 2. The maximum absolute atomic E-state index is 13.5. The van der Waals surface area contributed by atoms with Gasteiger partial charge < -0.3 is 9.84 Å². The highest BCUT2D eigenvalue weighted by Crippen LogP contribution is 2.46. The molecule has 2 aromatic rings. The number of halogens is 6. The van der Waals surface area contributed by atoms with E-state index in [1.165, 1.54) is 0 Å². The summed E-state index contributed by atoms with van der Waals surface area (Å²) in [6, 6.07) is 9.19. The van der Waals surface area contributed by atoms with Crippen molar-refractivity contribution < 1.29 is 41.0 Å². The predicted molar refractivity (Wildman–Crippen MR) is 127 cm³/mol. The van der Waals surface area contributed by atoms with E-state index in [9.17, 15) is 36.2 Å². The summed E-state index contributed by atoms with van der Waals surface area (Å²) in [5, 5.41) is 9.29. The average molecular weight is 542 g/mol. The molecule has 2 saturated carbocycles. The number of carbonyl (C=O) groups is 1. The molecule has 206 valence electrons. The lowest BCUT2D eigenvalue weighted by atomic mass is 9.91. The van der Waals surface area contributed by atoms with Gasteiger partial charge in [0.05, 0.1) is 23.7 Å². The van der Waals surface area contributed by atoms with Crippen LogP contribution in [0.2, 0.25) is 0 Å². The Morgan fingerprint density at radius 3 is 2.24 bits per heavy atom. The van der Waals surface area contributed by atoms with E-state index in [-0.39, 0.29) is 42.4 Å². The van der Waals surface area contributed by atoms with Crippen molar-refractivity contribution in [2.24, 2.45) is 17.8 Å². The van der Waals surface area contributed by atoms with E-state index in [0.29, 0.717) is 55.8 Å². The molecular weight excluding hydrogens is 512 g/mol. The summed E-state index contributed by atoms with van der Waals surface area (Å²) in [7, 11) is 0. The molecule has 3 aliphatic rings. The maximum atomic E-state index is 13.5. The quantitative estimate of drug-likeness (QED) is 0.367. The number of ether oxygens (including phenoxy) is 1. The summed E-state index contributed by atoms with van der Waals surface area (Å²) in [6.45, 7) is 0.812. The SMILES string of the molecule is O=C(O)CC(c1cccc(OC2CC3CN(Cc4cc(C(F)(F)F)ccc4C(F)(F)F)CC3C2)c1)C1CC1. The zero-order chi connectivity index (χ0) is 27.2. The third-order valence-electron chi connectivity index (χ3n) is 8.09. The number of hydrogen-bond acceptors (Lipinski definition) is 3. The first kappa shape index (κ1) is 26.8. The van der Waals surface area contributed by atoms with Gasteiger partial charge >= 0.3 is 18.3 Å². The zero-order valence-electron chi connectivity index (χ0n) is 20.6. The largest absolute Gasteiger partial charge is 0.490 e. The fourth-order valence-corrected chi connectivity index (χ4v) is 6.24. The Bertz CT molecular complexity index is 1160. The number of aliphatic carboxylic acids is 1. The van der Waals surface area contributed by atoms with Crippen LogP contribution in [0.3, 0.4) is 0 Å². The summed E-state index contributed by atoms with van der Waals surface area (Å²) < 4.78 is 86.1. The van der Waals surface area contributed by atoms with Crippen molar-refractivity contribution in [3.05, 3.63) is 64.7 Å². The van der Waals surface area contributed by atoms with E-state index in [0.717, 1.165) is 18.4 Å². The third-order valence-corrected chi connectivity index (χ3v) is 8.09. The minimum Gasteiger partial charge on any atom is -0.490 e. The van der Waals surface area contributed by atoms with Crippen LogP contribution in [0.15, 0.2) is 42.5 Å². The molecular formula is C28H29F6NO3. The van der Waals surface area contributed by atoms with Crippen LogP contribution in [-0.2, 0) is 23.7 Å². The molecule has 0 amide bonds. The lowest BCUT2D eigenvalue weighted by molar-refractivity contribution is -0.142. The lowest BCUT2D eigenvalue weighted by Crippen LogP contribution is -2.26. The number of nitrogens with zero attached hydrogens (tertiary/aromatic N) is 1. The Balaban J connectivity index is 1.21. The van der Waals surface area contributed by atoms with Gasteiger partial charge in [0.2, 0.25) is 0 Å². The van der Waals surface area contributed by atoms with Crippen LogP contribution in [0.5, 0.6) is 5.75 Å². The second-order valence-electron chi connectivity index (χ2n) is 10.9. The van der Waals surface area contributed by atoms with Crippen LogP contribution < -0.4 is 4.74 Å². The fourth-order valence-electron chi connectivity index (χ4n) is 6.24. The molecule has 0 radical (unpaired) electrons. The van der Waals surface area contributed by atoms with Gasteiger partial charge in [-0.1, -0.05) is 12.1 Å². The Hall–Kier alpha value is -2.75. The first-order valence-electron chi connectivity index (χ1n) is 12.8. The second-order valence-corrected chi connectivity index (χ2v) is 10.9. The number of fused-ring (bicyclic) bond motifs is 1. The minimum atomic E-state index is -4.73. The molecule has 3 fully saturated rings. The minimum absolute atomic E-state index is 0.0370. The molecule has 4 nitrogen and oxygen atoms in total. The topological polar surface area (TPSA) is 49.8 Å². The monoisotopic (exact) mass is 541 g/mol. The molecule has 1 aliphatic heterocycles. The Kier molecular flexibility index (Phi) is 7.13. The van der Waals surface area contributed by atoms with Gasteiger partial charge in [0.1, 0.15) is 5.75 Å². The molecule has 0 bridgehead atoms. The van der Waals surface area contributed by atoms with Gasteiger partial charge in [-0.25, -0.2) is 0 Å². The lowest BCUT2D eigenvalue weighted by Gasteiger charge is -2.23. The standard InChI is InChI=1S/C28H29F6NO3/c29-27(30,31)21-6-7-25(28(32,33)34)20(8-21)15-35-13-18-10-23(11-19(18)14-35)38-22-3-1-2-17(9-22)24(12-26(36)37)16-4-5-16/h1-3,6-9,16,18-19,23-24H,4-5,10-15H2,(H,36,37). The summed E-state index contributed by atoms with van der Waals surface area (Å²) in [5.41, 5.74) is -1.51. The molecule has 0 spiro atoms. The Morgan fingerprint density at radius 2 is 1.66 bits per heavy atom. The van der Waals surface area contributed by atoms with Crippen LogP contribution in [0.25, 0.3) is 0 Å². The van der Waals surface area contributed by atoms with Crippen molar-refractivity contribution in [1.82, 2.24) is 4.90 Å². The van der Waals surface area contributed by atoms with Crippen LogP contribution >= 0.6 is 0 Å². The van der Waals surface area contributed by atoms with Crippen molar-refractivity contribution in [1.29, 1.82) is 0 Å². The van der Waals surface area contributed by atoms with E-state index in [1.54, 1.807) is 0 Å². The van der Waals surface area contributed by atoms with E-state index in [1.807, 2.05) is 29.2 Å². The van der Waals surface area contributed by atoms with E-state index in [2.05, 4.69) is 0 Å². The Labute approximate surface area is 216 Å². The molecule has 10 heteroatoms. The molecule has 2 aromatic carbocycles. The van der Waals surface area contributed by atoms with Gasteiger partial charge in [0, 0.05) is 19.6 Å². The van der Waals surface area contributed by atoms with Gasteiger partial charge in [0.15, 0.2) is 0 Å². The van der Waals surface area contributed by atoms with Gasteiger partial charge in [-0.15, -0.1) is 0 Å². The summed E-state index contributed by atoms with van der Waals surface area (Å²) >= 11 is 0. The summed E-state index contributed by atoms with van der Waals surface area (Å²) in [5.74, 6) is 0.579. The van der Waals surface area contributed by atoms with Crippen molar-refractivity contribution in [2.45, 2.75) is 63.0 Å². The highest BCUT2D eigenvalue weighted by atomic mass is 19.4. The van der Waals surface area contributed by atoms with Crippen molar-refractivity contribution >= 4 is 5.97 Å². The Morgan fingerprint density at radius 1 is 0.974 bits per heavy atom. The summed E-state index contributed by atoms with van der Waals surface area (Å²) in [6.07, 6.45) is -5.96. The number of carboxylic acid groups (broad SMARTS) is 1. The molecule has 1 N–H and O–H groups in total. The van der Waals surface area contributed by atoms with Gasteiger partial charge in [-0.3, -0.25) is 9.69 Å². The molecule has 1 heterocycles. The molecule has 3 atom stereocenters. The second kappa shape index (κ2) is 10.1. The number of alkyl halides is 6. The number of carboxylic acids is 1. The molecule has 2 aliphatic carbocycles. The molecule has 38 heavy (non-hydrogen) atoms. The van der Waals surface area contributed by atoms with E-state index < -0.39 is 29.4 Å². The van der Waals surface area contributed by atoms with E-state index >= 15 is 0 Å². The van der Waals surface area contributed by atoms with Crippen LogP contribution in [0, 0.1) is 17.8 Å². The van der Waals surface area contributed by atoms with Crippen molar-refractivity contribution in [3.8, 4) is 5.75 Å². The zero-order valence-corrected chi connectivity index (χ0v) is 20.6. The first-order chi connectivity index (χ1) is 17.9. The normalized spacial score (nSPS) is 24.8. The number of hydrogen-bond donors (Lipinski definition) is 1. The van der Waals surface area contributed by atoms with Gasteiger partial charge in [-0.05, 0) is 90.8 Å². The van der Waals surface area contributed by atoms with E-state index in [4.69, 9.17) is 4.74 Å². The first-order valence-corrected chi connectivity index (χ1v) is 12.8. The van der Waals surface area contributed by atoms with Crippen molar-refractivity contribution in [3.63, 3.8) is 0 Å². The van der Waals surface area contributed by atoms with Gasteiger partial charge in [0.25, 0.3) is 0 Å². The van der Waals surface area contributed by atoms with Crippen LogP contribution in [0.4, 0.5) is 26.3 Å². The number of rotatable bonds is 8. The third kappa shape index (κ3) is 6.11. The highest BCUT2D eigenvalue weighted by molar-refractivity contribution is 5.68. The number of likely N-dealkylation sites (tertiary alicyclic amines) is 1.